The molecule has 0 saturated heterocycles. The van der Waals surface area contributed by atoms with Crippen molar-refractivity contribution in [2.45, 2.75) is 17.9 Å². The van der Waals surface area contributed by atoms with Crippen molar-refractivity contribution in [3.05, 3.63) is 42.5 Å². The van der Waals surface area contributed by atoms with Crippen molar-refractivity contribution in [3.8, 4) is 5.69 Å². The average Bonchev–Trinajstić information content (AvgIpc) is 2.89. The van der Waals surface area contributed by atoms with E-state index in [4.69, 9.17) is 5.73 Å². The van der Waals surface area contributed by atoms with Crippen molar-refractivity contribution in [1.82, 2.24) is 14.5 Å². The number of nitrogens with two attached hydrogens (primary N) is 1. The molecule has 8 heteroatoms. The van der Waals surface area contributed by atoms with Gasteiger partial charge in [0.25, 0.3) is 0 Å². The Kier molecular flexibility index (Phi) is 4.17. The van der Waals surface area contributed by atoms with E-state index in [-0.39, 0.29) is 17.1 Å². The van der Waals surface area contributed by atoms with Gasteiger partial charge in [-0.2, -0.15) is 5.10 Å². The SMILES string of the molecule is C[C@@H](CN)NS(=O)(=O)c1cnn(-c2ccccc2F)c1. The number of hydrogen-bond acceptors (Lipinski definition) is 4. The summed E-state index contributed by atoms with van der Waals surface area (Å²) in [6.45, 7) is 1.83. The lowest BCUT2D eigenvalue weighted by Gasteiger charge is -2.10. The molecule has 0 aliphatic rings. The number of aromatic nitrogens is 2. The minimum Gasteiger partial charge on any atom is -0.329 e. The van der Waals surface area contributed by atoms with E-state index in [1.165, 1.54) is 23.0 Å². The highest BCUT2D eigenvalue weighted by Gasteiger charge is 2.19. The third-order valence-corrected chi connectivity index (χ3v) is 4.22. The molecule has 6 nitrogen and oxygen atoms in total. The summed E-state index contributed by atoms with van der Waals surface area (Å²) in [4.78, 5) is -0.0407. The van der Waals surface area contributed by atoms with E-state index in [0.717, 1.165) is 6.20 Å². The van der Waals surface area contributed by atoms with Gasteiger partial charge >= 0.3 is 0 Å². The van der Waals surface area contributed by atoms with Gasteiger partial charge in [0.05, 0.1) is 12.4 Å². The smallest absolute Gasteiger partial charge is 0.243 e. The van der Waals surface area contributed by atoms with Gasteiger partial charge in [0.15, 0.2) is 0 Å². The molecule has 0 unspecified atom stereocenters. The summed E-state index contributed by atoms with van der Waals surface area (Å²) in [6.07, 6.45) is 2.42. The van der Waals surface area contributed by atoms with E-state index in [1.54, 1.807) is 19.1 Å². The highest BCUT2D eigenvalue weighted by atomic mass is 32.2. The van der Waals surface area contributed by atoms with Crippen LogP contribution in [-0.2, 0) is 10.0 Å². The summed E-state index contributed by atoms with van der Waals surface area (Å²) >= 11 is 0. The van der Waals surface area contributed by atoms with E-state index in [1.807, 2.05) is 0 Å². The Balaban J connectivity index is 2.32. The summed E-state index contributed by atoms with van der Waals surface area (Å²) < 4.78 is 41.2. The molecule has 0 aliphatic carbocycles. The van der Waals surface area contributed by atoms with Crippen LogP contribution in [0.2, 0.25) is 0 Å². The molecule has 0 radical (unpaired) electrons. The highest BCUT2D eigenvalue weighted by Crippen LogP contribution is 2.15. The number of nitrogens with one attached hydrogen (secondary N) is 1. The van der Waals surface area contributed by atoms with Gasteiger partial charge < -0.3 is 5.73 Å². The monoisotopic (exact) mass is 298 g/mol. The third-order valence-electron chi connectivity index (χ3n) is 2.68. The second kappa shape index (κ2) is 5.70. The van der Waals surface area contributed by atoms with Gasteiger partial charge in [-0.05, 0) is 19.1 Å². The van der Waals surface area contributed by atoms with Crippen LogP contribution in [0.1, 0.15) is 6.92 Å². The fourth-order valence-corrected chi connectivity index (χ4v) is 2.78. The Labute approximate surface area is 116 Å². The first-order valence-corrected chi connectivity index (χ1v) is 7.44. The Morgan fingerprint density at radius 3 is 2.80 bits per heavy atom. The molecule has 1 aromatic heterocycles. The average molecular weight is 298 g/mol. The Morgan fingerprint density at radius 1 is 1.45 bits per heavy atom. The summed E-state index contributed by atoms with van der Waals surface area (Å²) in [5.41, 5.74) is 5.56. The van der Waals surface area contributed by atoms with Crippen LogP contribution in [0.3, 0.4) is 0 Å². The number of sulfonamides is 1. The third kappa shape index (κ3) is 3.03. The van der Waals surface area contributed by atoms with Crippen molar-refractivity contribution in [2.24, 2.45) is 5.73 Å². The molecule has 0 fully saturated rings. The second-order valence-corrected chi connectivity index (χ2v) is 6.04. The van der Waals surface area contributed by atoms with Crippen molar-refractivity contribution in [3.63, 3.8) is 0 Å². The number of halogens is 1. The van der Waals surface area contributed by atoms with Crippen LogP contribution >= 0.6 is 0 Å². The maximum Gasteiger partial charge on any atom is 0.243 e. The quantitative estimate of drug-likeness (QED) is 0.847. The Hall–Kier alpha value is -1.77. The van der Waals surface area contributed by atoms with Gasteiger partial charge in [-0.25, -0.2) is 22.2 Å². The highest BCUT2D eigenvalue weighted by molar-refractivity contribution is 7.89. The topological polar surface area (TPSA) is 90.0 Å². The van der Waals surface area contributed by atoms with Crippen LogP contribution in [-0.4, -0.2) is 30.8 Å². The maximum absolute atomic E-state index is 13.6. The van der Waals surface area contributed by atoms with Crippen molar-refractivity contribution >= 4 is 10.0 Å². The molecule has 2 rings (SSSR count). The van der Waals surface area contributed by atoms with Crippen LogP contribution in [0.25, 0.3) is 5.69 Å². The Bertz CT molecular complexity index is 699. The van der Waals surface area contributed by atoms with E-state index in [0.29, 0.717) is 0 Å². The van der Waals surface area contributed by atoms with Crippen LogP contribution in [0.4, 0.5) is 4.39 Å². The summed E-state index contributed by atoms with van der Waals surface area (Å²) in [5.74, 6) is -0.483. The Morgan fingerprint density at radius 2 is 2.15 bits per heavy atom. The van der Waals surface area contributed by atoms with Crippen molar-refractivity contribution in [2.75, 3.05) is 6.54 Å². The maximum atomic E-state index is 13.6. The lowest BCUT2D eigenvalue weighted by atomic mass is 10.3. The molecule has 0 bridgehead atoms. The molecule has 1 heterocycles. The molecule has 1 aromatic carbocycles. The van der Waals surface area contributed by atoms with Gasteiger partial charge in [-0.3, -0.25) is 0 Å². The fraction of sp³-hybridized carbons (Fsp3) is 0.250. The van der Waals surface area contributed by atoms with Gasteiger partial charge in [0.1, 0.15) is 16.4 Å². The molecule has 3 N–H and O–H groups in total. The van der Waals surface area contributed by atoms with Gasteiger partial charge in [-0.15, -0.1) is 0 Å². The number of nitrogens with zero attached hydrogens (tertiary/aromatic N) is 2. The van der Waals surface area contributed by atoms with Crippen molar-refractivity contribution in [1.29, 1.82) is 0 Å². The zero-order valence-electron chi connectivity index (χ0n) is 10.8. The van der Waals surface area contributed by atoms with Crippen LogP contribution in [0.15, 0.2) is 41.6 Å². The van der Waals surface area contributed by atoms with E-state index < -0.39 is 21.9 Å². The molecule has 0 aliphatic heterocycles. The molecule has 20 heavy (non-hydrogen) atoms. The number of para-hydroxylation sites is 1. The number of benzene rings is 1. The van der Waals surface area contributed by atoms with E-state index in [9.17, 15) is 12.8 Å². The fourth-order valence-electron chi connectivity index (χ4n) is 1.60. The zero-order chi connectivity index (χ0) is 14.8. The minimum absolute atomic E-state index is 0.0407. The van der Waals surface area contributed by atoms with Crippen molar-refractivity contribution < 1.29 is 12.8 Å². The second-order valence-electron chi connectivity index (χ2n) is 4.33. The first kappa shape index (κ1) is 14.6. The summed E-state index contributed by atoms with van der Waals surface area (Å²) in [7, 11) is -3.71. The normalized spacial score (nSPS) is 13.3. The lowest BCUT2D eigenvalue weighted by Crippen LogP contribution is -2.37. The number of hydrogen-bond donors (Lipinski definition) is 2. The van der Waals surface area contributed by atoms with Crippen LogP contribution in [0, 0.1) is 5.82 Å². The first-order valence-electron chi connectivity index (χ1n) is 5.96. The van der Waals surface area contributed by atoms with Gasteiger partial charge in [-0.1, -0.05) is 12.1 Å². The first-order chi connectivity index (χ1) is 9.44. The van der Waals surface area contributed by atoms with E-state index in [2.05, 4.69) is 9.82 Å². The molecular weight excluding hydrogens is 283 g/mol. The molecule has 0 amide bonds. The molecule has 0 spiro atoms. The standard InChI is InChI=1S/C12H15FN4O2S/c1-9(6-14)16-20(18,19)10-7-15-17(8-10)12-5-3-2-4-11(12)13/h2-5,7-9,16H,6,14H2,1H3/t9-/m0/s1. The summed E-state index contributed by atoms with van der Waals surface area (Å²) in [5, 5.41) is 3.87. The molecule has 108 valence electrons. The molecule has 2 aromatic rings. The molecule has 1 atom stereocenters. The van der Waals surface area contributed by atoms with E-state index >= 15 is 0 Å². The minimum atomic E-state index is -3.71. The molecular formula is C12H15FN4O2S. The summed E-state index contributed by atoms with van der Waals surface area (Å²) in [6, 6.07) is 5.58. The van der Waals surface area contributed by atoms with Crippen LogP contribution in [0.5, 0.6) is 0 Å². The van der Waals surface area contributed by atoms with Gasteiger partial charge in [0.2, 0.25) is 10.0 Å². The largest absolute Gasteiger partial charge is 0.329 e. The van der Waals surface area contributed by atoms with Crippen LogP contribution < -0.4 is 10.5 Å². The molecule has 0 saturated carbocycles. The van der Waals surface area contributed by atoms with Gasteiger partial charge in [0, 0.05) is 12.6 Å². The predicted molar refractivity (Wildman–Crippen MR) is 72.4 cm³/mol. The zero-order valence-corrected chi connectivity index (χ0v) is 11.6. The predicted octanol–water partition coefficient (Wildman–Crippen LogP) is 0.637. The number of rotatable bonds is 5. The lowest BCUT2D eigenvalue weighted by molar-refractivity contribution is 0.562.